The first-order valence-corrected chi connectivity index (χ1v) is 52.6. The van der Waals surface area contributed by atoms with E-state index in [1.165, 1.54) is 211 Å². The molecule has 2 aromatic heterocycles. The lowest BCUT2D eigenvalue weighted by atomic mass is 9.35. The highest BCUT2D eigenvalue weighted by Crippen LogP contribution is 2.60. The number of aryl methyl sites for hydroxylation is 4. The molecule has 8 heteroatoms. The van der Waals surface area contributed by atoms with E-state index < -0.39 is 0 Å². The van der Waals surface area contributed by atoms with Crippen molar-refractivity contribution in [2.75, 3.05) is 19.6 Å². The van der Waals surface area contributed by atoms with E-state index in [4.69, 9.17) is 8.83 Å². The molecule has 0 saturated carbocycles. The minimum Gasteiger partial charge on any atom is -0.468 e. The predicted molar refractivity (Wildman–Crippen MR) is 600 cm³/mol. The van der Waals surface area contributed by atoms with Gasteiger partial charge in [-0.1, -0.05) is 281 Å². The summed E-state index contributed by atoms with van der Waals surface area (Å²) in [6, 6.07) is 95.1. The van der Waals surface area contributed by atoms with Crippen molar-refractivity contribution in [2.45, 2.75) is 311 Å². The first kappa shape index (κ1) is 90.6. The maximum Gasteiger partial charge on any atom is 0.297 e. The predicted octanol–water partition coefficient (Wildman–Crippen LogP) is 32.9. The number of benzene rings is 14. The molecule has 24 rings (SSSR count). The van der Waals surface area contributed by atoms with Crippen LogP contribution < -0.4 is 52.8 Å². The van der Waals surface area contributed by atoms with Crippen LogP contribution in [0.4, 0.5) is 68.2 Å². The Bertz CT molecular complexity index is 7990. The summed E-state index contributed by atoms with van der Waals surface area (Å²) in [5, 5.41) is 7.34. The van der Waals surface area contributed by atoms with Crippen LogP contribution in [0.3, 0.4) is 0 Å². The van der Waals surface area contributed by atoms with Gasteiger partial charge in [-0.25, -0.2) is 0 Å². The van der Waals surface area contributed by atoms with E-state index in [9.17, 15) is 0 Å². The Hall–Kier alpha value is -12.0. The number of rotatable bonds is 11. The lowest BCUT2D eigenvalue weighted by Gasteiger charge is -2.47. The first-order chi connectivity index (χ1) is 66.0. The molecule has 0 saturated heterocycles. The summed E-state index contributed by atoms with van der Waals surface area (Å²) in [7, 11) is 0. The summed E-state index contributed by atoms with van der Waals surface area (Å²) in [4.78, 5) is 10.7. The minimum atomic E-state index is -0.268. The van der Waals surface area contributed by atoms with Crippen LogP contribution >= 0.6 is 0 Å². The Kier molecular flexibility index (Phi) is 19.6. The smallest absolute Gasteiger partial charge is 0.297 e. The largest absolute Gasteiger partial charge is 0.468 e. The molecule has 0 radical (unpaired) electrons. The van der Waals surface area contributed by atoms with E-state index in [2.05, 4.69) is 443 Å². The van der Waals surface area contributed by atoms with Gasteiger partial charge in [0.2, 0.25) is 0 Å². The van der Waals surface area contributed by atoms with Gasteiger partial charge in [0.25, 0.3) is 13.4 Å². The highest BCUT2D eigenvalue weighted by atomic mass is 16.3. The van der Waals surface area contributed by atoms with E-state index >= 15 is 0 Å². The molecule has 0 bridgehead atoms. The quantitative estimate of drug-likeness (QED) is 0.120. The summed E-state index contributed by atoms with van der Waals surface area (Å²) < 4.78 is 15.9. The van der Waals surface area contributed by atoms with Gasteiger partial charge in [-0.2, -0.15) is 0 Å². The lowest BCUT2D eigenvalue weighted by Crippen LogP contribution is -2.61. The van der Waals surface area contributed by atoms with Gasteiger partial charge < -0.3 is 28.4 Å². The molecule has 706 valence electrons. The van der Waals surface area contributed by atoms with Crippen LogP contribution in [0, 0.1) is 27.7 Å². The molecule has 0 unspecified atom stereocenters. The van der Waals surface area contributed by atoms with Gasteiger partial charge in [0.1, 0.15) is 11.2 Å². The average molecular weight is 1840 g/mol. The number of nitrogens with zero attached hydrogens (tertiary/aromatic N) is 4. The maximum absolute atomic E-state index is 8.02. The number of hydrogen-bond donors (Lipinski definition) is 0. The Morgan fingerprint density at radius 3 is 1.11 bits per heavy atom. The molecule has 4 aliphatic carbocycles. The molecule has 0 amide bonds. The van der Waals surface area contributed by atoms with Crippen molar-refractivity contribution in [3.63, 3.8) is 0 Å². The van der Waals surface area contributed by atoms with Gasteiger partial charge in [-0.3, -0.25) is 0 Å². The van der Waals surface area contributed by atoms with Gasteiger partial charge >= 0.3 is 0 Å². The molecule has 0 atom stereocenters. The molecule has 140 heavy (non-hydrogen) atoms. The van der Waals surface area contributed by atoms with E-state index in [-0.39, 0.29) is 73.0 Å². The fraction of sp³-hybridized carbons (Fsp3) is 0.364. The zero-order chi connectivity index (χ0) is 98.0. The molecule has 0 spiro atoms. The monoisotopic (exact) mass is 1840 g/mol. The van der Waals surface area contributed by atoms with Crippen molar-refractivity contribution in [3.05, 3.63) is 320 Å². The Morgan fingerprint density at radius 1 is 0.271 bits per heavy atom. The third kappa shape index (κ3) is 13.8. The third-order valence-corrected chi connectivity index (χ3v) is 36.5. The molecule has 4 aliphatic heterocycles. The molecule has 0 N–H and O–H groups in total. The van der Waals surface area contributed by atoms with Gasteiger partial charge in [0.05, 0.1) is 34.1 Å². The van der Waals surface area contributed by atoms with Gasteiger partial charge in [0.15, 0.2) is 0 Å². The fourth-order valence-corrected chi connectivity index (χ4v) is 27.2. The standard InChI is InChI=1S/C132H140B2N4O2/c1-77-59-78(2)61-89(60-77)136-111-63-80(4)64-112-117(111)134(121-119(136)95-70-97-103(76-115(95)140-121)132(26,27)58-52-126(97,14)15)104-71-98-100(129(20,21)55-53-127(98,16)17)73-108(104)137(112)106-48-44-87(68-92(106)84-40-39-81-33-28-29-35-83(81)66-84)124(10,11)50-49-123(8,9)85-41-45-88(46-42-85)135-110-62-79(3)65-113-116(110)133(120-118(135)94-69-96-102(75-114(94)139-120)131(24,25)57-51-125(96,12)13)105-72-99-101(130(22,23)56-54-128(99,18)19)74-109(105)138(113)107-47-43-86(122(5,6)7)67-93(107)91-38-32-36-82-34-30-31-37-90(82)91/h28-48,59-76H,49-58H2,1-27H3. The van der Waals surface area contributed by atoms with Crippen LogP contribution in [-0.4, -0.2) is 13.4 Å². The highest BCUT2D eigenvalue weighted by Gasteiger charge is 2.54. The average Bonchev–Trinajstić information content (AvgIpc) is 1.40. The van der Waals surface area contributed by atoms with E-state index in [0.29, 0.717) is 0 Å². The summed E-state index contributed by atoms with van der Waals surface area (Å²) in [5.74, 6) is 0. The molecular weight excluding hydrogens is 1700 g/mol. The molecule has 8 aliphatic rings. The number of furan rings is 2. The summed E-state index contributed by atoms with van der Waals surface area (Å²) in [6.45, 7) is 65.6. The van der Waals surface area contributed by atoms with Crippen LogP contribution in [0.5, 0.6) is 0 Å². The summed E-state index contributed by atoms with van der Waals surface area (Å²) >= 11 is 0. The normalized spacial score (nSPS) is 18.3. The molecule has 16 aromatic rings. The van der Waals surface area contributed by atoms with E-state index in [0.717, 1.165) is 104 Å². The van der Waals surface area contributed by atoms with Crippen molar-refractivity contribution < 1.29 is 8.83 Å². The SMILES string of the molecule is Cc1cc(C)cc(N2c3cc(C)cc4c3B(c3cc5c(cc3N4c3ccc(C(C)(C)CCC(C)(C)c4ccc(N6c7cc(C)cc8c7B(c7cc9c(cc7N8c7ccc(C(C)(C)C)cc7-c7cccc8ccccc78)C(C)(C)CCC9(C)C)c7oc8cc9c(cc8c76)C(C)(C)CCC9(C)C)cc4)cc3-c3ccc4ccccc4c3)C(C)(C)CCC5(C)C)c3oc4cc5c(cc4c32)C(C)(C)CCC5(C)C)c1. The summed E-state index contributed by atoms with van der Waals surface area (Å²) in [5.41, 5.74) is 47.8. The van der Waals surface area contributed by atoms with Crippen LogP contribution in [0.2, 0.25) is 0 Å². The van der Waals surface area contributed by atoms with Gasteiger partial charge in [-0.05, 0) is 405 Å². The number of fused-ring (bicyclic) bond motifs is 18. The van der Waals surface area contributed by atoms with Crippen LogP contribution in [0.15, 0.2) is 245 Å². The fourth-order valence-electron chi connectivity index (χ4n) is 27.2. The third-order valence-electron chi connectivity index (χ3n) is 36.5. The minimum absolute atomic E-state index is 0.00453. The second-order valence-corrected chi connectivity index (χ2v) is 52.0. The molecule has 14 aromatic carbocycles. The van der Waals surface area contributed by atoms with Crippen LogP contribution in [0.1, 0.15) is 307 Å². The second kappa shape index (κ2) is 30.3. The Balaban J connectivity index is 0.652. The topological polar surface area (TPSA) is 39.2 Å². The van der Waals surface area contributed by atoms with Gasteiger partial charge in [0, 0.05) is 67.4 Å². The summed E-state index contributed by atoms with van der Waals surface area (Å²) in [6.07, 6.45) is 10.8. The van der Waals surface area contributed by atoms with Crippen molar-refractivity contribution in [1.29, 1.82) is 0 Å². The van der Waals surface area contributed by atoms with Gasteiger partial charge in [-0.15, -0.1) is 0 Å². The van der Waals surface area contributed by atoms with Crippen molar-refractivity contribution in [2.24, 2.45) is 0 Å². The second-order valence-electron chi connectivity index (χ2n) is 52.0. The molecular formula is C132H140B2N4O2. The number of anilines is 12. The number of hydrogen-bond acceptors (Lipinski definition) is 6. The molecule has 6 heterocycles. The zero-order valence-electron chi connectivity index (χ0n) is 88.3. The lowest BCUT2D eigenvalue weighted by molar-refractivity contribution is 0.332. The van der Waals surface area contributed by atoms with E-state index in [1.807, 2.05) is 0 Å². The Labute approximate surface area is 834 Å². The highest BCUT2D eigenvalue weighted by molar-refractivity contribution is 7.00. The van der Waals surface area contributed by atoms with Crippen LogP contribution in [0.25, 0.3) is 65.7 Å². The zero-order valence-corrected chi connectivity index (χ0v) is 88.3. The van der Waals surface area contributed by atoms with Crippen molar-refractivity contribution in [1.82, 2.24) is 0 Å². The maximum atomic E-state index is 8.02. The van der Waals surface area contributed by atoms with Crippen molar-refractivity contribution >= 4 is 158 Å². The van der Waals surface area contributed by atoms with Crippen LogP contribution in [-0.2, 0) is 59.6 Å². The molecule has 6 nitrogen and oxygen atoms in total. The van der Waals surface area contributed by atoms with Crippen molar-refractivity contribution in [3.8, 4) is 22.3 Å². The van der Waals surface area contributed by atoms with E-state index in [1.54, 1.807) is 0 Å². The molecule has 0 fully saturated rings. The Morgan fingerprint density at radius 2 is 0.643 bits per heavy atom. The first-order valence-electron chi connectivity index (χ1n) is 52.6.